The third-order valence-corrected chi connectivity index (χ3v) is 5.58. The lowest BCUT2D eigenvalue weighted by atomic mass is 10.0. The zero-order chi connectivity index (χ0) is 18.5. The number of halogens is 1. The lowest BCUT2D eigenvalue weighted by Gasteiger charge is -2.31. The number of nitrogens with zero attached hydrogens (tertiary/aromatic N) is 2. The highest BCUT2D eigenvalue weighted by molar-refractivity contribution is 7.13. The number of nitrogens with one attached hydrogen (secondary N) is 1. The summed E-state index contributed by atoms with van der Waals surface area (Å²) < 4.78 is 0. The van der Waals surface area contributed by atoms with Gasteiger partial charge in [-0.25, -0.2) is 4.98 Å². The first-order valence-electron chi connectivity index (χ1n) is 8.50. The quantitative estimate of drug-likeness (QED) is 0.787. The molecule has 0 aliphatic carbocycles. The van der Waals surface area contributed by atoms with Crippen LogP contribution < -0.4 is 11.1 Å². The van der Waals surface area contributed by atoms with E-state index in [2.05, 4.69) is 10.3 Å². The largest absolute Gasteiger partial charge is 0.369 e. The Morgan fingerprint density at radius 3 is 2.73 bits per heavy atom. The standard InChI is InChI=1S/C18H21ClN4O2S/c19-15-4-2-1-3-14(15)18-22-13(11-26-18)9-17(25)21-12-5-7-23(8-6-12)10-16(20)24/h1-4,11-12H,5-10H2,(H2,20,24)(H,21,25). The molecule has 1 aliphatic heterocycles. The second-order valence-corrected chi connectivity index (χ2v) is 7.65. The van der Waals surface area contributed by atoms with Crippen molar-refractivity contribution < 1.29 is 9.59 Å². The Labute approximate surface area is 161 Å². The van der Waals surface area contributed by atoms with Crippen LogP contribution >= 0.6 is 22.9 Å². The van der Waals surface area contributed by atoms with Crippen molar-refractivity contribution in [3.05, 3.63) is 40.4 Å². The van der Waals surface area contributed by atoms with E-state index >= 15 is 0 Å². The molecule has 0 radical (unpaired) electrons. The number of likely N-dealkylation sites (tertiary alicyclic amines) is 1. The summed E-state index contributed by atoms with van der Waals surface area (Å²) in [5.41, 5.74) is 6.84. The number of hydrogen-bond donors (Lipinski definition) is 2. The van der Waals surface area contributed by atoms with E-state index < -0.39 is 0 Å². The highest BCUT2D eigenvalue weighted by Gasteiger charge is 2.22. The number of benzene rings is 1. The van der Waals surface area contributed by atoms with Gasteiger partial charge in [0, 0.05) is 30.1 Å². The molecule has 2 heterocycles. The maximum atomic E-state index is 12.3. The summed E-state index contributed by atoms with van der Waals surface area (Å²) in [4.78, 5) is 29.8. The first-order chi connectivity index (χ1) is 12.5. The molecule has 1 fully saturated rings. The molecular weight excluding hydrogens is 372 g/mol. The van der Waals surface area contributed by atoms with Crippen molar-refractivity contribution in [1.29, 1.82) is 0 Å². The average Bonchev–Trinajstić information content (AvgIpc) is 3.04. The highest BCUT2D eigenvalue weighted by atomic mass is 35.5. The second kappa shape index (κ2) is 8.62. The van der Waals surface area contributed by atoms with Crippen LogP contribution in [-0.2, 0) is 16.0 Å². The summed E-state index contributed by atoms with van der Waals surface area (Å²) in [5, 5.41) is 6.43. The number of amides is 2. The zero-order valence-corrected chi connectivity index (χ0v) is 15.9. The van der Waals surface area contributed by atoms with E-state index in [9.17, 15) is 9.59 Å². The summed E-state index contributed by atoms with van der Waals surface area (Å²) in [7, 11) is 0. The monoisotopic (exact) mass is 392 g/mol. The zero-order valence-electron chi connectivity index (χ0n) is 14.3. The molecule has 6 nitrogen and oxygen atoms in total. The molecular formula is C18H21ClN4O2S. The Morgan fingerprint density at radius 2 is 2.04 bits per heavy atom. The SMILES string of the molecule is NC(=O)CN1CCC(NC(=O)Cc2csc(-c3ccccc3Cl)n2)CC1. The highest BCUT2D eigenvalue weighted by Crippen LogP contribution is 2.30. The van der Waals surface area contributed by atoms with Gasteiger partial charge in [0.25, 0.3) is 0 Å². The molecule has 8 heteroatoms. The minimum atomic E-state index is -0.314. The van der Waals surface area contributed by atoms with Crippen molar-refractivity contribution in [2.45, 2.75) is 25.3 Å². The number of rotatable bonds is 6. The number of thiazole rings is 1. The molecule has 1 aliphatic rings. The first kappa shape index (κ1) is 18.8. The molecule has 0 unspecified atom stereocenters. The molecule has 2 aromatic rings. The molecule has 0 spiro atoms. The van der Waals surface area contributed by atoms with Gasteiger partial charge in [0.15, 0.2) is 0 Å². The molecule has 1 aromatic carbocycles. The van der Waals surface area contributed by atoms with Gasteiger partial charge >= 0.3 is 0 Å². The average molecular weight is 393 g/mol. The van der Waals surface area contributed by atoms with Crippen LogP contribution in [-0.4, -0.2) is 47.4 Å². The smallest absolute Gasteiger partial charge is 0.231 e. The minimum Gasteiger partial charge on any atom is -0.369 e. The molecule has 0 saturated carbocycles. The van der Waals surface area contributed by atoms with E-state index in [1.807, 2.05) is 34.5 Å². The van der Waals surface area contributed by atoms with E-state index in [0.29, 0.717) is 5.02 Å². The van der Waals surface area contributed by atoms with Crippen molar-refractivity contribution in [2.24, 2.45) is 5.73 Å². The summed E-state index contributed by atoms with van der Waals surface area (Å²) in [6.45, 7) is 1.81. The fourth-order valence-electron chi connectivity index (χ4n) is 3.05. The van der Waals surface area contributed by atoms with E-state index in [1.54, 1.807) is 0 Å². The van der Waals surface area contributed by atoms with E-state index in [-0.39, 0.29) is 30.8 Å². The fraction of sp³-hybridized carbons (Fsp3) is 0.389. The van der Waals surface area contributed by atoms with Crippen LogP contribution in [0.3, 0.4) is 0 Å². The molecule has 3 rings (SSSR count). The number of nitrogens with two attached hydrogens (primary N) is 1. The van der Waals surface area contributed by atoms with E-state index in [4.69, 9.17) is 17.3 Å². The molecule has 0 bridgehead atoms. The van der Waals surface area contributed by atoms with Crippen LogP contribution in [0.4, 0.5) is 0 Å². The Kier molecular flexibility index (Phi) is 6.24. The van der Waals surface area contributed by atoms with Gasteiger partial charge in [-0.3, -0.25) is 14.5 Å². The lowest BCUT2D eigenvalue weighted by molar-refractivity contribution is -0.122. The number of aromatic nitrogens is 1. The van der Waals surface area contributed by atoms with Gasteiger partial charge < -0.3 is 11.1 Å². The maximum Gasteiger partial charge on any atom is 0.231 e. The van der Waals surface area contributed by atoms with Crippen molar-refractivity contribution in [3.63, 3.8) is 0 Å². The van der Waals surface area contributed by atoms with Gasteiger partial charge in [0.1, 0.15) is 5.01 Å². The Hall–Kier alpha value is -1.96. The van der Waals surface area contributed by atoms with Crippen LogP contribution in [0.25, 0.3) is 10.6 Å². The minimum absolute atomic E-state index is 0.0330. The summed E-state index contributed by atoms with van der Waals surface area (Å²) in [6, 6.07) is 7.68. The van der Waals surface area contributed by atoms with E-state index in [0.717, 1.165) is 42.2 Å². The molecule has 26 heavy (non-hydrogen) atoms. The Morgan fingerprint density at radius 1 is 1.31 bits per heavy atom. The molecule has 0 atom stereocenters. The van der Waals surface area contributed by atoms with E-state index in [1.165, 1.54) is 11.3 Å². The van der Waals surface area contributed by atoms with Crippen LogP contribution in [0.5, 0.6) is 0 Å². The van der Waals surface area contributed by atoms with Crippen LogP contribution in [0.15, 0.2) is 29.6 Å². The van der Waals surface area contributed by atoms with Gasteiger partial charge in [-0.2, -0.15) is 0 Å². The van der Waals surface area contributed by atoms with Crippen molar-refractivity contribution in [3.8, 4) is 10.6 Å². The predicted molar refractivity (Wildman–Crippen MR) is 103 cm³/mol. The third-order valence-electron chi connectivity index (χ3n) is 4.33. The van der Waals surface area contributed by atoms with Crippen molar-refractivity contribution >= 4 is 34.8 Å². The third kappa shape index (κ3) is 5.03. The molecule has 138 valence electrons. The fourth-order valence-corrected chi connectivity index (χ4v) is 4.19. The lowest BCUT2D eigenvalue weighted by Crippen LogP contribution is -2.47. The predicted octanol–water partition coefficient (Wildman–Crippen LogP) is 2.07. The van der Waals surface area contributed by atoms with Gasteiger partial charge in [-0.15, -0.1) is 11.3 Å². The topological polar surface area (TPSA) is 88.3 Å². The number of piperidine rings is 1. The number of carbonyl (C=O) groups excluding carboxylic acids is 2. The van der Waals surface area contributed by atoms with Gasteiger partial charge in [-0.05, 0) is 18.9 Å². The summed E-state index contributed by atoms with van der Waals surface area (Å²) in [6.07, 6.45) is 1.89. The molecule has 3 N–H and O–H groups in total. The number of carbonyl (C=O) groups is 2. The van der Waals surface area contributed by atoms with Gasteiger partial charge in [-0.1, -0.05) is 29.8 Å². The molecule has 2 amide bonds. The van der Waals surface area contributed by atoms with Crippen molar-refractivity contribution in [1.82, 2.24) is 15.2 Å². The van der Waals surface area contributed by atoms with Gasteiger partial charge in [0.2, 0.25) is 11.8 Å². The number of hydrogen-bond acceptors (Lipinski definition) is 5. The van der Waals surface area contributed by atoms with Crippen LogP contribution in [0.1, 0.15) is 18.5 Å². The van der Waals surface area contributed by atoms with Gasteiger partial charge in [0.05, 0.1) is 23.7 Å². The summed E-state index contributed by atoms with van der Waals surface area (Å²) in [5.74, 6) is -0.347. The first-order valence-corrected chi connectivity index (χ1v) is 9.76. The molecule has 1 aromatic heterocycles. The number of primary amides is 1. The second-order valence-electron chi connectivity index (χ2n) is 6.38. The Balaban J connectivity index is 1.50. The van der Waals surface area contributed by atoms with Crippen LogP contribution in [0.2, 0.25) is 5.02 Å². The Bertz CT molecular complexity index is 787. The normalized spacial score (nSPS) is 15.7. The van der Waals surface area contributed by atoms with Crippen molar-refractivity contribution in [2.75, 3.05) is 19.6 Å². The molecule has 1 saturated heterocycles. The maximum absolute atomic E-state index is 12.3. The van der Waals surface area contributed by atoms with Crippen LogP contribution in [0, 0.1) is 0 Å². The summed E-state index contributed by atoms with van der Waals surface area (Å²) >= 11 is 7.69.